The molecular formula is C16H26N2O2. The molecule has 1 N–H and O–H groups in total. The van der Waals surface area contributed by atoms with E-state index in [9.17, 15) is 0 Å². The largest absolute Gasteiger partial charge is 0.495 e. The van der Waals surface area contributed by atoms with Gasteiger partial charge in [0.05, 0.1) is 13.3 Å². The van der Waals surface area contributed by atoms with E-state index < -0.39 is 0 Å². The number of pyridine rings is 1. The highest BCUT2D eigenvalue weighted by molar-refractivity contribution is 5.32. The van der Waals surface area contributed by atoms with Gasteiger partial charge in [0, 0.05) is 31.0 Å². The lowest BCUT2D eigenvalue weighted by Crippen LogP contribution is -2.27. The van der Waals surface area contributed by atoms with Crippen LogP contribution >= 0.6 is 0 Å². The number of hydrogen-bond acceptors (Lipinski definition) is 4. The van der Waals surface area contributed by atoms with Crippen molar-refractivity contribution < 1.29 is 9.47 Å². The van der Waals surface area contributed by atoms with Gasteiger partial charge in [-0.3, -0.25) is 4.98 Å². The van der Waals surface area contributed by atoms with Crippen molar-refractivity contribution in [2.75, 3.05) is 26.9 Å². The molecule has 1 aliphatic rings. The third-order valence-electron chi connectivity index (χ3n) is 3.96. The monoisotopic (exact) mass is 278 g/mol. The molecule has 0 amide bonds. The summed E-state index contributed by atoms with van der Waals surface area (Å²) >= 11 is 0. The maximum atomic E-state index is 5.47. The Morgan fingerprint density at radius 1 is 1.45 bits per heavy atom. The lowest BCUT2D eigenvalue weighted by Gasteiger charge is -2.28. The Hall–Kier alpha value is -1.13. The SMILES string of the molecule is CCCNC(CC1CCOCC1)c1ccncc1OC. The van der Waals surface area contributed by atoms with E-state index in [2.05, 4.69) is 23.3 Å². The number of nitrogens with one attached hydrogen (secondary N) is 1. The summed E-state index contributed by atoms with van der Waals surface area (Å²) in [5.41, 5.74) is 1.22. The molecule has 4 nitrogen and oxygen atoms in total. The summed E-state index contributed by atoms with van der Waals surface area (Å²) < 4.78 is 10.9. The highest BCUT2D eigenvalue weighted by Gasteiger charge is 2.22. The van der Waals surface area contributed by atoms with Crippen LogP contribution in [-0.2, 0) is 4.74 Å². The second kappa shape index (κ2) is 8.22. The Bertz CT molecular complexity index is 392. The maximum absolute atomic E-state index is 5.47. The molecule has 0 saturated carbocycles. The standard InChI is InChI=1S/C16H26N2O2/c1-3-7-18-15(11-13-5-9-20-10-6-13)14-4-8-17-12-16(14)19-2/h4,8,12-13,15,18H,3,5-7,9-11H2,1-2H3. The van der Waals surface area contributed by atoms with Gasteiger partial charge >= 0.3 is 0 Å². The van der Waals surface area contributed by atoms with Crippen LogP contribution in [0.2, 0.25) is 0 Å². The van der Waals surface area contributed by atoms with E-state index in [-0.39, 0.29) is 0 Å². The number of hydrogen-bond donors (Lipinski definition) is 1. The number of ether oxygens (including phenoxy) is 2. The maximum Gasteiger partial charge on any atom is 0.141 e. The Morgan fingerprint density at radius 3 is 2.95 bits per heavy atom. The van der Waals surface area contributed by atoms with Crippen molar-refractivity contribution in [3.8, 4) is 5.75 Å². The molecule has 0 bridgehead atoms. The zero-order valence-corrected chi connectivity index (χ0v) is 12.6. The molecule has 0 radical (unpaired) electrons. The minimum atomic E-state index is 0.344. The Balaban J connectivity index is 2.08. The second-order valence-electron chi connectivity index (χ2n) is 5.42. The quantitative estimate of drug-likeness (QED) is 0.833. The normalized spacial score (nSPS) is 17.9. The van der Waals surface area contributed by atoms with Gasteiger partial charge in [-0.05, 0) is 44.2 Å². The number of aromatic nitrogens is 1. The van der Waals surface area contributed by atoms with Gasteiger partial charge in [-0.2, -0.15) is 0 Å². The molecule has 20 heavy (non-hydrogen) atoms. The summed E-state index contributed by atoms with van der Waals surface area (Å²) in [7, 11) is 1.71. The van der Waals surface area contributed by atoms with Gasteiger partial charge in [-0.15, -0.1) is 0 Å². The van der Waals surface area contributed by atoms with Crippen molar-refractivity contribution in [3.05, 3.63) is 24.0 Å². The Kier molecular flexibility index (Phi) is 6.27. The molecule has 0 aromatic carbocycles. The van der Waals surface area contributed by atoms with E-state index >= 15 is 0 Å². The van der Waals surface area contributed by atoms with Crippen LogP contribution in [0.25, 0.3) is 0 Å². The molecule has 0 spiro atoms. The fourth-order valence-electron chi connectivity index (χ4n) is 2.80. The molecule has 1 fully saturated rings. The van der Waals surface area contributed by atoms with E-state index in [4.69, 9.17) is 9.47 Å². The summed E-state index contributed by atoms with van der Waals surface area (Å²) in [4.78, 5) is 4.15. The third kappa shape index (κ3) is 4.18. The fourth-order valence-corrected chi connectivity index (χ4v) is 2.80. The molecular weight excluding hydrogens is 252 g/mol. The lowest BCUT2D eigenvalue weighted by atomic mass is 9.89. The molecule has 4 heteroatoms. The summed E-state index contributed by atoms with van der Waals surface area (Å²) in [6.45, 7) is 5.03. The van der Waals surface area contributed by atoms with Crippen molar-refractivity contribution in [3.63, 3.8) is 0 Å². The van der Waals surface area contributed by atoms with Crippen molar-refractivity contribution in [1.82, 2.24) is 10.3 Å². The number of rotatable bonds is 7. The van der Waals surface area contributed by atoms with Crippen LogP contribution in [0.15, 0.2) is 18.5 Å². The zero-order chi connectivity index (χ0) is 14.2. The van der Waals surface area contributed by atoms with E-state index in [0.717, 1.165) is 57.1 Å². The average molecular weight is 278 g/mol. The summed E-state index contributed by atoms with van der Waals surface area (Å²) in [5, 5.41) is 3.66. The highest BCUT2D eigenvalue weighted by atomic mass is 16.5. The molecule has 2 heterocycles. The predicted molar refractivity (Wildman–Crippen MR) is 80.0 cm³/mol. The Morgan fingerprint density at radius 2 is 2.25 bits per heavy atom. The third-order valence-corrected chi connectivity index (χ3v) is 3.96. The van der Waals surface area contributed by atoms with Crippen molar-refractivity contribution >= 4 is 0 Å². The first-order chi connectivity index (χ1) is 9.85. The van der Waals surface area contributed by atoms with Crippen LogP contribution in [-0.4, -0.2) is 31.9 Å². The van der Waals surface area contributed by atoms with Gasteiger partial charge in [0.1, 0.15) is 5.75 Å². The summed E-state index contributed by atoms with van der Waals surface area (Å²) in [6.07, 6.45) is 8.26. The molecule has 0 aliphatic carbocycles. The smallest absolute Gasteiger partial charge is 0.141 e. The van der Waals surface area contributed by atoms with Gasteiger partial charge in [-0.1, -0.05) is 6.92 Å². The minimum absolute atomic E-state index is 0.344. The first kappa shape index (κ1) is 15.3. The molecule has 2 rings (SSSR count). The molecule has 1 atom stereocenters. The van der Waals surface area contributed by atoms with Crippen LogP contribution in [0, 0.1) is 5.92 Å². The van der Waals surface area contributed by atoms with E-state index in [0.29, 0.717) is 6.04 Å². The predicted octanol–water partition coefficient (Wildman–Crippen LogP) is 2.95. The van der Waals surface area contributed by atoms with Crippen molar-refractivity contribution in [1.29, 1.82) is 0 Å². The van der Waals surface area contributed by atoms with Crippen LogP contribution in [0.4, 0.5) is 0 Å². The molecule has 1 aromatic heterocycles. The Labute approximate surface area is 121 Å². The number of methoxy groups -OCH3 is 1. The van der Waals surface area contributed by atoms with Crippen LogP contribution in [0.5, 0.6) is 5.75 Å². The molecule has 1 aliphatic heterocycles. The van der Waals surface area contributed by atoms with Gasteiger partial charge < -0.3 is 14.8 Å². The first-order valence-electron chi connectivity index (χ1n) is 7.64. The number of nitrogens with zero attached hydrogens (tertiary/aromatic N) is 1. The molecule has 1 aromatic rings. The highest BCUT2D eigenvalue weighted by Crippen LogP contribution is 2.31. The van der Waals surface area contributed by atoms with E-state index in [1.807, 2.05) is 6.20 Å². The molecule has 112 valence electrons. The average Bonchev–Trinajstić information content (AvgIpc) is 2.52. The van der Waals surface area contributed by atoms with Gasteiger partial charge in [0.25, 0.3) is 0 Å². The van der Waals surface area contributed by atoms with Gasteiger partial charge in [0.2, 0.25) is 0 Å². The van der Waals surface area contributed by atoms with Gasteiger partial charge in [-0.25, -0.2) is 0 Å². The van der Waals surface area contributed by atoms with E-state index in [1.54, 1.807) is 13.3 Å². The topological polar surface area (TPSA) is 43.4 Å². The van der Waals surface area contributed by atoms with Crippen molar-refractivity contribution in [2.45, 2.75) is 38.6 Å². The summed E-state index contributed by atoms with van der Waals surface area (Å²) in [6, 6.07) is 2.42. The first-order valence-corrected chi connectivity index (χ1v) is 7.64. The second-order valence-corrected chi connectivity index (χ2v) is 5.42. The minimum Gasteiger partial charge on any atom is -0.495 e. The summed E-state index contributed by atoms with van der Waals surface area (Å²) in [5.74, 6) is 1.61. The van der Waals surface area contributed by atoms with Crippen LogP contribution in [0.1, 0.15) is 44.2 Å². The fraction of sp³-hybridized carbons (Fsp3) is 0.688. The lowest BCUT2D eigenvalue weighted by molar-refractivity contribution is 0.0604. The van der Waals surface area contributed by atoms with Crippen molar-refractivity contribution in [2.24, 2.45) is 5.92 Å². The van der Waals surface area contributed by atoms with Gasteiger partial charge in [0.15, 0.2) is 0 Å². The molecule has 1 unspecified atom stereocenters. The van der Waals surface area contributed by atoms with Crippen LogP contribution < -0.4 is 10.1 Å². The van der Waals surface area contributed by atoms with Crippen LogP contribution in [0.3, 0.4) is 0 Å². The van der Waals surface area contributed by atoms with E-state index in [1.165, 1.54) is 5.56 Å². The molecule has 1 saturated heterocycles. The zero-order valence-electron chi connectivity index (χ0n) is 12.6.